The number of fused-ring (bicyclic) bond motifs is 24. The van der Waals surface area contributed by atoms with Gasteiger partial charge in [0, 0.05) is 110 Å². The molecule has 0 saturated carbocycles. The van der Waals surface area contributed by atoms with E-state index in [0.717, 1.165) is 195 Å². The van der Waals surface area contributed by atoms with Crippen LogP contribution in [0, 0.1) is 0 Å². The Labute approximate surface area is 599 Å². The smallest absolute Gasteiger partial charge is 0.264 e. The van der Waals surface area contributed by atoms with Gasteiger partial charge < -0.3 is 0 Å². The lowest BCUT2D eigenvalue weighted by Crippen LogP contribution is -2.31. The molecular formula is C90H44N12O6. The average Bonchev–Trinajstić information content (AvgIpc) is 1.08. The van der Waals surface area contributed by atoms with Crippen LogP contribution in [0.1, 0.15) is 0 Å². The molecule has 28 rings (SSSR count). The first kappa shape index (κ1) is 56.7. The van der Waals surface area contributed by atoms with E-state index in [0.29, 0.717) is 70.3 Å². The molecule has 18 nitrogen and oxygen atoms in total. The SMILES string of the molecule is O=c1c2ccc3c4c(ccc(c24)c2nc4ccccc4n12)c(=O)n1c2ccccc2nc31.O=c1c2ccc3c4ccc5c6c(ccc(c7ccc(c2c37)c2nc3ccccc3n12)c46)c(=O)n1c2ccccc2nc51.O=c1c2ccc3c4ccc5c6n(c(=O)c7ccc(c8ccc(c9n1CCN=9)c2c38)c4c75)CCN=6. The van der Waals surface area contributed by atoms with Gasteiger partial charge in [0.15, 0.2) is 0 Å². The van der Waals surface area contributed by atoms with Gasteiger partial charge in [-0.1, -0.05) is 97.1 Å². The second-order valence-electron chi connectivity index (χ2n) is 28.9. The Kier molecular flexibility index (Phi) is 10.2. The van der Waals surface area contributed by atoms with Gasteiger partial charge in [0.2, 0.25) is 0 Å². The summed E-state index contributed by atoms with van der Waals surface area (Å²) in [5.74, 6) is 0. The van der Waals surface area contributed by atoms with E-state index in [4.69, 9.17) is 19.9 Å². The highest BCUT2D eigenvalue weighted by molar-refractivity contribution is 6.42. The van der Waals surface area contributed by atoms with Gasteiger partial charge >= 0.3 is 0 Å². The Morgan fingerprint density at radius 1 is 0.204 bits per heavy atom. The molecule has 0 fully saturated rings. The molecular weight excluding hydrogens is 1350 g/mol. The number of para-hydroxylation sites is 8. The fraction of sp³-hybridized carbons (Fsp3) is 0.0444. The molecule has 10 aromatic heterocycles. The fourth-order valence-electron chi connectivity index (χ4n) is 19.6. The molecule has 0 saturated heterocycles. The number of imidazole rings is 4. The molecule has 16 aromatic carbocycles. The molecule has 108 heavy (non-hydrogen) atoms. The highest BCUT2D eigenvalue weighted by atomic mass is 16.2. The largest absolute Gasteiger partial charge is 0.291 e. The van der Waals surface area contributed by atoms with Crippen molar-refractivity contribution >= 4 is 228 Å². The Morgan fingerprint density at radius 2 is 0.398 bits per heavy atom. The minimum atomic E-state index is -0.128. The zero-order valence-corrected chi connectivity index (χ0v) is 56.4. The lowest BCUT2D eigenvalue weighted by Gasteiger charge is -2.18. The highest BCUT2D eigenvalue weighted by Gasteiger charge is 2.29. The normalized spacial score (nSPS) is 13.6. The maximum absolute atomic E-state index is 14.0. The Bertz CT molecular complexity index is 8750. The van der Waals surface area contributed by atoms with Crippen LogP contribution in [0.5, 0.6) is 0 Å². The number of pyridine rings is 6. The van der Waals surface area contributed by atoms with Gasteiger partial charge in [-0.15, -0.1) is 0 Å². The van der Waals surface area contributed by atoms with E-state index in [1.807, 2.05) is 146 Å². The summed E-state index contributed by atoms with van der Waals surface area (Å²) in [5, 5.41) is 28.1. The quantitative estimate of drug-likeness (QED) is 0.104. The summed E-state index contributed by atoms with van der Waals surface area (Å²) in [6.45, 7) is 2.57. The lowest BCUT2D eigenvalue weighted by atomic mass is 9.86. The first-order valence-electron chi connectivity index (χ1n) is 36.0. The van der Waals surface area contributed by atoms with Gasteiger partial charge in [-0.2, -0.15) is 0 Å². The molecule has 500 valence electrons. The maximum Gasteiger partial charge on any atom is 0.264 e. The number of benzene rings is 16. The Morgan fingerprint density at radius 3 is 0.657 bits per heavy atom. The molecule has 26 aromatic rings. The molecule has 0 atom stereocenters. The van der Waals surface area contributed by atoms with Gasteiger partial charge in [-0.3, -0.25) is 65.5 Å². The van der Waals surface area contributed by atoms with E-state index in [9.17, 15) is 28.8 Å². The third-order valence-electron chi connectivity index (χ3n) is 24.0. The molecule has 12 heterocycles. The van der Waals surface area contributed by atoms with Crippen LogP contribution in [-0.4, -0.2) is 59.8 Å². The maximum atomic E-state index is 14.0. The summed E-state index contributed by atoms with van der Waals surface area (Å²) < 4.78 is 10.5. The second-order valence-corrected chi connectivity index (χ2v) is 28.9. The summed E-state index contributed by atoms with van der Waals surface area (Å²) in [6, 6.07) is 71.6. The molecule has 0 unspecified atom stereocenters. The highest BCUT2D eigenvalue weighted by Crippen LogP contribution is 2.48. The molecule has 18 heteroatoms. The monoisotopic (exact) mass is 1390 g/mol. The van der Waals surface area contributed by atoms with Crippen molar-refractivity contribution < 1.29 is 0 Å². The van der Waals surface area contributed by atoms with Crippen molar-refractivity contribution in [2.75, 3.05) is 13.1 Å². The molecule has 0 N–H and O–H groups in total. The van der Waals surface area contributed by atoms with Crippen molar-refractivity contribution in [2.24, 2.45) is 9.98 Å². The Hall–Kier alpha value is -14.8. The van der Waals surface area contributed by atoms with E-state index >= 15 is 0 Å². The van der Waals surface area contributed by atoms with Crippen LogP contribution in [0.3, 0.4) is 0 Å². The van der Waals surface area contributed by atoms with Gasteiger partial charge in [0.1, 0.15) is 33.6 Å². The van der Waals surface area contributed by atoms with Crippen LogP contribution >= 0.6 is 0 Å². The number of hydrogen-bond donors (Lipinski definition) is 0. The standard InChI is InChI=1S/C36H16N4O2.C28H16N4O2.C26H12N4O2/c41-35-23-15-11-19-18-10-14-22-32-24(36(42)40-28-8-4-2-6-26(28)38-34(22)40)16-12-20(30(18)32)17-9-13-21(31(23)29(17)19)33-37-25-5-1-3-7-27(25)39(33)35;33-27-19-8-4-16-14-2-6-18-24-20(28(34)32-12-10-30-26(18)32)7-3-15(22(14)24)13-1-5-17(23(19)21(13)16)25-29-9-11-31(25)27;31-25-15-12-10-14-22-16(26(32)30-20-8-4-2-6-18(20)28-24(14)30)11-9-13(21(15)22)23-27-17-5-1-3-7-19(17)29(23)25/h1-16H;1-8H,9-12H2;1-12H. The molecule has 0 radical (unpaired) electrons. The van der Waals surface area contributed by atoms with E-state index in [1.54, 1.807) is 26.7 Å². The summed E-state index contributed by atoms with van der Waals surface area (Å²) in [6.07, 6.45) is 0. The summed E-state index contributed by atoms with van der Waals surface area (Å²) in [7, 11) is 0. The van der Waals surface area contributed by atoms with Crippen LogP contribution in [0.15, 0.2) is 257 Å². The first-order chi connectivity index (χ1) is 53.1. The van der Waals surface area contributed by atoms with E-state index in [1.165, 1.54) is 0 Å². The summed E-state index contributed by atoms with van der Waals surface area (Å²) in [4.78, 5) is 110. The Balaban J connectivity index is 0.0000000920. The minimum Gasteiger partial charge on any atom is -0.291 e. The number of rotatable bonds is 0. The van der Waals surface area contributed by atoms with Gasteiger partial charge in [0.25, 0.3) is 33.4 Å². The zero-order chi connectivity index (χ0) is 70.9. The molecule has 0 spiro atoms. The van der Waals surface area contributed by atoms with Crippen molar-refractivity contribution in [1.29, 1.82) is 0 Å². The van der Waals surface area contributed by atoms with Crippen LogP contribution < -0.4 is 44.3 Å². The third kappa shape index (κ3) is 6.61. The molecule has 2 aliphatic rings. The average molecular weight is 1390 g/mol. The van der Waals surface area contributed by atoms with Gasteiger partial charge in [0.05, 0.1) is 57.2 Å². The van der Waals surface area contributed by atoms with Crippen LogP contribution in [-0.2, 0) is 13.1 Å². The molecule has 0 aliphatic carbocycles. The predicted molar refractivity (Wildman–Crippen MR) is 431 cm³/mol. The summed E-state index contributed by atoms with van der Waals surface area (Å²) in [5.41, 5.74) is 10.2. The van der Waals surface area contributed by atoms with Crippen molar-refractivity contribution in [2.45, 2.75) is 13.1 Å². The fourth-order valence-corrected chi connectivity index (χ4v) is 19.6. The lowest BCUT2D eigenvalue weighted by molar-refractivity contribution is 0.738. The number of hydrogen-bond acceptors (Lipinski definition) is 12. The number of aromatic nitrogens is 10. The number of nitrogens with zero attached hydrogens (tertiary/aromatic N) is 12. The zero-order valence-electron chi connectivity index (χ0n) is 56.4. The van der Waals surface area contributed by atoms with Gasteiger partial charge in [-0.25, -0.2) is 19.9 Å². The third-order valence-corrected chi connectivity index (χ3v) is 24.0. The van der Waals surface area contributed by atoms with Crippen LogP contribution in [0.2, 0.25) is 0 Å². The van der Waals surface area contributed by atoms with Gasteiger partial charge in [-0.05, 0) is 186 Å². The molecule has 0 bridgehead atoms. The molecule has 0 amide bonds. The summed E-state index contributed by atoms with van der Waals surface area (Å²) >= 11 is 0. The molecule has 2 aliphatic heterocycles. The second kappa shape index (κ2) is 19.3. The van der Waals surface area contributed by atoms with Crippen molar-refractivity contribution in [3.8, 4) is 0 Å². The minimum absolute atomic E-state index is 0.0356. The predicted octanol–water partition coefficient (Wildman–Crippen LogP) is 14.7. The first-order valence-corrected chi connectivity index (χ1v) is 36.0. The van der Waals surface area contributed by atoms with Crippen molar-refractivity contribution in [3.05, 3.63) is 291 Å². The van der Waals surface area contributed by atoms with Crippen molar-refractivity contribution in [3.63, 3.8) is 0 Å². The van der Waals surface area contributed by atoms with E-state index in [-0.39, 0.29) is 33.4 Å². The van der Waals surface area contributed by atoms with Crippen molar-refractivity contribution in [1.82, 2.24) is 46.7 Å². The topological polar surface area (TPSA) is 206 Å². The van der Waals surface area contributed by atoms with E-state index < -0.39 is 0 Å². The van der Waals surface area contributed by atoms with E-state index in [2.05, 4.69) is 82.8 Å². The van der Waals surface area contributed by atoms with Crippen LogP contribution in [0.4, 0.5) is 0 Å². The van der Waals surface area contributed by atoms with Crippen LogP contribution in [0.25, 0.3) is 228 Å².